The smallest absolute Gasteiger partial charge is 0.0540 e. The fourth-order valence-corrected chi connectivity index (χ4v) is 10.6. The predicted molar refractivity (Wildman–Crippen MR) is 258 cm³/mol. The van der Waals surface area contributed by atoms with Crippen LogP contribution in [0.1, 0.15) is 49.9 Å². The molecule has 0 atom stereocenters. The van der Waals surface area contributed by atoms with Gasteiger partial charge in [0, 0.05) is 27.8 Å². The molecule has 0 unspecified atom stereocenters. The van der Waals surface area contributed by atoms with E-state index in [1.807, 2.05) is 0 Å². The van der Waals surface area contributed by atoms with Crippen molar-refractivity contribution in [3.63, 3.8) is 0 Å². The molecule has 292 valence electrons. The van der Waals surface area contributed by atoms with Gasteiger partial charge in [0.25, 0.3) is 0 Å². The molecule has 0 aromatic heterocycles. The van der Waals surface area contributed by atoms with Crippen LogP contribution < -0.4 is 4.90 Å². The van der Waals surface area contributed by atoms with E-state index in [0.29, 0.717) is 0 Å². The first-order chi connectivity index (χ1) is 29.8. The largest absolute Gasteiger partial charge is 0.310 e. The summed E-state index contributed by atoms with van der Waals surface area (Å²) in [6.45, 7) is 9.50. The Bertz CT molecular complexity index is 3150. The van der Waals surface area contributed by atoms with E-state index in [2.05, 4.69) is 245 Å². The zero-order valence-corrected chi connectivity index (χ0v) is 35.2. The minimum Gasteiger partial charge on any atom is -0.310 e. The normalized spacial score (nSPS) is 13.8. The van der Waals surface area contributed by atoms with Gasteiger partial charge in [-0.05, 0) is 114 Å². The van der Waals surface area contributed by atoms with Gasteiger partial charge in [-0.3, -0.25) is 0 Å². The highest BCUT2D eigenvalue weighted by Crippen LogP contribution is 2.54. The predicted octanol–water partition coefficient (Wildman–Crippen LogP) is 16.4. The van der Waals surface area contributed by atoms with Gasteiger partial charge in [0.2, 0.25) is 0 Å². The number of nitrogens with zero attached hydrogens (tertiary/aromatic N) is 1. The van der Waals surface area contributed by atoms with Gasteiger partial charge in [0.05, 0.1) is 5.69 Å². The van der Waals surface area contributed by atoms with Crippen LogP contribution in [0.5, 0.6) is 0 Å². The van der Waals surface area contributed by atoms with E-state index in [0.717, 1.165) is 17.1 Å². The van der Waals surface area contributed by atoms with Crippen LogP contribution in [0.4, 0.5) is 17.1 Å². The Morgan fingerprint density at radius 3 is 1.46 bits per heavy atom. The van der Waals surface area contributed by atoms with E-state index in [9.17, 15) is 0 Å². The average Bonchev–Trinajstić information content (AvgIpc) is 3.69. The number of hydrogen-bond acceptors (Lipinski definition) is 1. The Kier molecular flexibility index (Phi) is 8.58. The SMILES string of the molecule is CC1(C)c2ccccc2-c2ccc(N(c3cccc(-c4cccc5c4C(C)(C)c4ccccc4-5)c3)c3ccccc3-c3ccccc3-c3ccccc3-c3ccccc3)cc21. The Morgan fingerprint density at radius 1 is 0.279 bits per heavy atom. The summed E-state index contributed by atoms with van der Waals surface area (Å²) in [4.78, 5) is 2.50. The van der Waals surface area contributed by atoms with E-state index >= 15 is 0 Å². The molecule has 0 aliphatic heterocycles. The van der Waals surface area contributed by atoms with E-state index in [1.54, 1.807) is 0 Å². The molecule has 2 aliphatic carbocycles. The molecule has 0 saturated carbocycles. The Hall–Kier alpha value is -7.22. The van der Waals surface area contributed by atoms with Gasteiger partial charge in [-0.2, -0.15) is 0 Å². The molecule has 0 fully saturated rings. The van der Waals surface area contributed by atoms with Gasteiger partial charge in [0.1, 0.15) is 0 Å². The van der Waals surface area contributed by atoms with Crippen molar-refractivity contribution in [1.29, 1.82) is 0 Å². The average molecular weight is 782 g/mol. The van der Waals surface area contributed by atoms with Crippen molar-refractivity contribution < 1.29 is 0 Å². The van der Waals surface area contributed by atoms with Crippen LogP contribution in [0.2, 0.25) is 0 Å². The fraction of sp³-hybridized carbons (Fsp3) is 0.100. The lowest BCUT2D eigenvalue weighted by atomic mass is 9.79. The summed E-state index contributed by atoms with van der Waals surface area (Å²) in [5, 5.41) is 0. The Morgan fingerprint density at radius 2 is 0.738 bits per heavy atom. The van der Waals surface area contributed by atoms with Crippen LogP contribution in [0.15, 0.2) is 212 Å². The lowest BCUT2D eigenvalue weighted by Crippen LogP contribution is -2.17. The third-order valence-corrected chi connectivity index (χ3v) is 13.5. The highest BCUT2D eigenvalue weighted by molar-refractivity contribution is 5.98. The maximum absolute atomic E-state index is 2.50. The molecule has 9 aromatic carbocycles. The minimum absolute atomic E-state index is 0.134. The number of rotatable bonds is 7. The van der Waals surface area contributed by atoms with E-state index in [4.69, 9.17) is 0 Å². The molecule has 0 heterocycles. The summed E-state index contributed by atoms with van der Waals surface area (Å²) in [5.74, 6) is 0. The molecule has 61 heavy (non-hydrogen) atoms. The molecule has 9 aromatic rings. The molecule has 0 spiro atoms. The van der Waals surface area contributed by atoms with Crippen molar-refractivity contribution in [2.45, 2.75) is 38.5 Å². The summed E-state index contributed by atoms with van der Waals surface area (Å²) >= 11 is 0. The van der Waals surface area contributed by atoms with Crippen molar-refractivity contribution >= 4 is 17.1 Å². The topological polar surface area (TPSA) is 3.24 Å². The van der Waals surface area contributed by atoms with Crippen molar-refractivity contribution in [3.8, 4) is 66.8 Å². The van der Waals surface area contributed by atoms with Crippen molar-refractivity contribution in [3.05, 3.63) is 235 Å². The quantitative estimate of drug-likeness (QED) is 0.156. The lowest BCUT2D eigenvalue weighted by Gasteiger charge is -2.31. The molecule has 1 nitrogen and oxygen atoms in total. The Balaban J connectivity index is 1.13. The summed E-state index contributed by atoms with van der Waals surface area (Å²) < 4.78 is 0. The maximum Gasteiger partial charge on any atom is 0.0540 e. The van der Waals surface area contributed by atoms with Crippen LogP contribution in [-0.2, 0) is 10.8 Å². The highest BCUT2D eigenvalue weighted by Gasteiger charge is 2.38. The second-order valence-electron chi connectivity index (χ2n) is 17.7. The Labute approximate surface area is 360 Å². The van der Waals surface area contributed by atoms with E-state index < -0.39 is 0 Å². The maximum atomic E-state index is 2.50. The number of benzene rings is 9. The summed E-state index contributed by atoms with van der Waals surface area (Å²) in [7, 11) is 0. The number of anilines is 3. The molecular formula is C60H47N. The molecule has 11 rings (SSSR count). The van der Waals surface area contributed by atoms with Gasteiger partial charge in [-0.1, -0.05) is 210 Å². The third kappa shape index (κ3) is 5.83. The van der Waals surface area contributed by atoms with Crippen molar-refractivity contribution in [2.75, 3.05) is 4.90 Å². The molecule has 0 amide bonds. The summed E-state index contributed by atoms with van der Waals surface area (Å²) in [6, 6.07) is 78.5. The van der Waals surface area contributed by atoms with Gasteiger partial charge in [0.15, 0.2) is 0 Å². The van der Waals surface area contributed by atoms with E-state index in [-0.39, 0.29) is 10.8 Å². The minimum atomic E-state index is -0.145. The number of fused-ring (bicyclic) bond motifs is 6. The molecular weight excluding hydrogens is 735 g/mol. The van der Waals surface area contributed by atoms with Crippen LogP contribution in [-0.4, -0.2) is 0 Å². The van der Waals surface area contributed by atoms with Gasteiger partial charge >= 0.3 is 0 Å². The monoisotopic (exact) mass is 781 g/mol. The molecule has 0 radical (unpaired) electrons. The van der Waals surface area contributed by atoms with Crippen LogP contribution in [0.25, 0.3) is 66.8 Å². The van der Waals surface area contributed by atoms with Gasteiger partial charge in [-0.15, -0.1) is 0 Å². The summed E-state index contributed by atoms with van der Waals surface area (Å²) in [5.41, 5.74) is 23.6. The van der Waals surface area contributed by atoms with Crippen LogP contribution in [0, 0.1) is 0 Å². The van der Waals surface area contributed by atoms with E-state index in [1.165, 1.54) is 89.0 Å². The second kappa shape index (κ2) is 14.2. The van der Waals surface area contributed by atoms with Gasteiger partial charge < -0.3 is 4.90 Å². The van der Waals surface area contributed by atoms with Crippen LogP contribution in [0.3, 0.4) is 0 Å². The zero-order valence-electron chi connectivity index (χ0n) is 35.2. The second-order valence-corrected chi connectivity index (χ2v) is 17.7. The first-order valence-electron chi connectivity index (χ1n) is 21.5. The van der Waals surface area contributed by atoms with Crippen molar-refractivity contribution in [1.82, 2.24) is 0 Å². The molecule has 2 aliphatic rings. The highest BCUT2D eigenvalue weighted by atomic mass is 15.1. The first-order valence-corrected chi connectivity index (χ1v) is 21.5. The molecule has 0 saturated heterocycles. The molecule has 0 N–H and O–H groups in total. The first kappa shape index (κ1) is 36.8. The lowest BCUT2D eigenvalue weighted by molar-refractivity contribution is 0.660. The third-order valence-electron chi connectivity index (χ3n) is 13.5. The number of hydrogen-bond donors (Lipinski definition) is 0. The number of para-hydroxylation sites is 1. The zero-order chi connectivity index (χ0) is 41.3. The molecule has 1 heteroatoms. The standard InChI is InChI=1S/C60H47N/c1-59(2)54-33-15-12-28-49(54)51-37-36-43(39-56(51)59)61(42-23-18-22-41(38-42)45-31-19-32-53-50-29-13-16-34-55(50)60(3,4)58(45)53)57-35-17-14-30-52(57)48-27-11-10-26-47(48)46-25-9-8-24-44(46)40-20-6-5-7-21-40/h5-39H,1-4H3. The fourth-order valence-electron chi connectivity index (χ4n) is 10.6. The van der Waals surface area contributed by atoms with Crippen molar-refractivity contribution in [2.24, 2.45) is 0 Å². The van der Waals surface area contributed by atoms with Crippen LogP contribution >= 0.6 is 0 Å². The molecule has 0 bridgehead atoms. The summed E-state index contributed by atoms with van der Waals surface area (Å²) in [6.07, 6.45) is 0. The van der Waals surface area contributed by atoms with Gasteiger partial charge in [-0.25, -0.2) is 0 Å².